The first-order chi connectivity index (χ1) is 11.6. The molecule has 0 aromatic heterocycles. The molecule has 1 saturated heterocycles. The second-order valence-electron chi connectivity index (χ2n) is 6.32. The molecule has 9 heteroatoms. The van der Waals surface area contributed by atoms with Gasteiger partial charge in [-0.1, -0.05) is 18.0 Å². The van der Waals surface area contributed by atoms with Crippen LogP contribution in [0.5, 0.6) is 5.75 Å². The molecule has 1 N–H and O–H groups in total. The van der Waals surface area contributed by atoms with Crippen molar-refractivity contribution in [3.05, 3.63) is 24.3 Å². The van der Waals surface area contributed by atoms with Crippen molar-refractivity contribution < 1.29 is 28.4 Å². The van der Waals surface area contributed by atoms with Gasteiger partial charge in [-0.15, -0.1) is 0 Å². The van der Waals surface area contributed by atoms with Crippen molar-refractivity contribution in [2.45, 2.75) is 31.1 Å². The molecule has 0 radical (unpaired) electrons. The van der Waals surface area contributed by atoms with E-state index < -0.39 is 32.5 Å². The number of cyclic esters (lactones) is 1. The van der Waals surface area contributed by atoms with Crippen LogP contribution in [-0.2, 0) is 23.8 Å². The number of phenols is 1. The fourth-order valence-corrected chi connectivity index (χ4v) is 4.27. The fourth-order valence-electron chi connectivity index (χ4n) is 2.65. The molecule has 2 rings (SSSR count). The molecule has 25 heavy (non-hydrogen) atoms. The number of aromatic hydroxyl groups is 1. The number of hydrogen-bond donors (Lipinski definition) is 2. The van der Waals surface area contributed by atoms with Crippen molar-refractivity contribution in [1.29, 1.82) is 0 Å². The van der Waals surface area contributed by atoms with Gasteiger partial charge in [0.1, 0.15) is 16.6 Å². The van der Waals surface area contributed by atoms with Crippen molar-refractivity contribution in [1.82, 2.24) is 0 Å². The number of phenolic OH excluding ortho intramolecular Hbond substituents is 1. The van der Waals surface area contributed by atoms with Gasteiger partial charge in [0.15, 0.2) is 0 Å². The second kappa shape index (κ2) is 7.30. The molecule has 3 atom stereocenters. The van der Waals surface area contributed by atoms with Crippen molar-refractivity contribution in [3.63, 3.8) is 0 Å². The number of benzene rings is 1. The van der Waals surface area contributed by atoms with Crippen LogP contribution in [0.1, 0.15) is 20.3 Å². The van der Waals surface area contributed by atoms with Gasteiger partial charge in [-0.2, -0.15) is 0 Å². The molecule has 2 unspecified atom stereocenters. The highest BCUT2D eigenvalue weighted by Crippen LogP contribution is 2.37. The summed E-state index contributed by atoms with van der Waals surface area (Å²) in [4.78, 5) is 25.9. The summed E-state index contributed by atoms with van der Waals surface area (Å²) in [6, 6.07) is 6.15. The van der Waals surface area contributed by atoms with Crippen molar-refractivity contribution in [2.24, 2.45) is 0 Å². The van der Waals surface area contributed by atoms with Crippen molar-refractivity contribution in [2.75, 3.05) is 24.3 Å². The van der Waals surface area contributed by atoms with E-state index in [1.165, 1.54) is 23.3 Å². The first-order valence-electron chi connectivity index (χ1n) is 7.89. The van der Waals surface area contributed by atoms with Crippen LogP contribution in [-0.4, -0.2) is 51.6 Å². The van der Waals surface area contributed by atoms with Gasteiger partial charge in [-0.3, -0.25) is 13.9 Å². The Hall–Kier alpha value is -1.66. The number of ether oxygens (including phenoxy) is 2. The molecule has 1 heterocycles. The van der Waals surface area contributed by atoms with Gasteiger partial charge in [0.25, 0.3) is 0 Å². The zero-order valence-electron chi connectivity index (χ0n) is 14.5. The largest absolute Gasteiger partial charge is 0.508 e. The maximum absolute atomic E-state index is 12.7. The van der Waals surface area contributed by atoms with Crippen LogP contribution in [0.2, 0.25) is 0 Å². The fraction of sp³-hybridized carbons (Fsp3) is 0.500. The van der Waals surface area contributed by atoms with Crippen LogP contribution in [0.4, 0.5) is 10.5 Å². The summed E-state index contributed by atoms with van der Waals surface area (Å²) < 4.78 is 21.9. The maximum Gasteiger partial charge on any atom is 0.414 e. The van der Waals surface area contributed by atoms with Crippen LogP contribution in [0.25, 0.3) is 0 Å². The van der Waals surface area contributed by atoms with Gasteiger partial charge in [0.2, 0.25) is 0 Å². The Balaban J connectivity index is 2.19. The Morgan fingerprint density at radius 2 is 2.08 bits per heavy atom. The third-order valence-electron chi connectivity index (χ3n) is 4.36. The maximum atomic E-state index is 12.7. The predicted molar refractivity (Wildman–Crippen MR) is 101 cm³/mol. The highest BCUT2D eigenvalue weighted by molar-refractivity contribution is 8.46. The first kappa shape index (κ1) is 19.7. The summed E-state index contributed by atoms with van der Waals surface area (Å²) in [5, 5.41) is 9.35. The smallest absolute Gasteiger partial charge is 0.414 e. The molecule has 0 aliphatic carbocycles. The predicted octanol–water partition coefficient (Wildman–Crippen LogP) is 1.87. The lowest BCUT2D eigenvalue weighted by molar-refractivity contribution is -0.146. The highest BCUT2D eigenvalue weighted by atomic mass is 32.8. The number of hydrogen-bond acceptors (Lipinski definition) is 6. The molecule has 1 fully saturated rings. The van der Waals surface area contributed by atoms with E-state index in [2.05, 4.69) is 8.44 Å². The summed E-state index contributed by atoms with van der Waals surface area (Å²) in [7, 11) is -0.696. The quantitative estimate of drug-likeness (QED) is 0.438. The lowest BCUT2D eigenvalue weighted by Crippen LogP contribution is -2.48. The number of amides is 1. The van der Waals surface area contributed by atoms with Crippen LogP contribution in [0, 0.1) is 0 Å². The Morgan fingerprint density at radius 1 is 1.48 bits per heavy atom. The van der Waals surface area contributed by atoms with Gasteiger partial charge in [0.05, 0.1) is 13.2 Å². The molecule has 140 valence electrons. The molecule has 1 aliphatic rings. The number of esters is 1. The summed E-state index contributed by atoms with van der Waals surface area (Å²) in [6.45, 7) is 3.67. The van der Waals surface area contributed by atoms with Crippen LogP contribution >= 0.6 is 8.44 Å². The average molecular weight is 389 g/mol. The number of carbonyl (C=O) groups excluding carboxylic acids is 2. The SMILES string of the molecule is CCOC(=O)C(C)(C[C@H]1CN(c2ccc(O)cc2)C(=O)O1)[SH](C)(=O)P. The topological polar surface area (TPSA) is 93.1 Å². The minimum atomic E-state index is -2.94. The van der Waals surface area contributed by atoms with Crippen LogP contribution in [0.15, 0.2) is 24.3 Å². The Morgan fingerprint density at radius 3 is 2.60 bits per heavy atom. The molecular weight excluding hydrogens is 365 g/mol. The highest BCUT2D eigenvalue weighted by Gasteiger charge is 2.47. The average Bonchev–Trinajstić information content (AvgIpc) is 2.87. The molecule has 1 aromatic carbocycles. The van der Waals surface area contributed by atoms with E-state index in [0.717, 1.165) is 0 Å². The lowest BCUT2D eigenvalue weighted by atomic mass is 10.0. The molecule has 1 aliphatic heterocycles. The molecule has 7 nitrogen and oxygen atoms in total. The number of thiol groups is 1. The van der Waals surface area contributed by atoms with E-state index in [9.17, 15) is 18.9 Å². The van der Waals surface area contributed by atoms with Gasteiger partial charge in [-0.05, 0) is 44.4 Å². The monoisotopic (exact) mass is 389 g/mol. The molecule has 1 aromatic rings. The minimum absolute atomic E-state index is 0.0951. The van der Waals surface area contributed by atoms with E-state index in [1.807, 2.05) is 0 Å². The number of anilines is 1. The van der Waals surface area contributed by atoms with E-state index in [-0.39, 0.29) is 25.3 Å². The number of carbonyl (C=O) groups is 2. The van der Waals surface area contributed by atoms with Crippen LogP contribution in [0.3, 0.4) is 0 Å². The van der Waals surface area contributed by atoms with Crippen molar-refractivity contribution in [3.8, 4) is 5.75 Å². The van der Waals surface area contributed by atoms with Gasteiger partial charge in [-0.25, -0.2) is 4.79 Å². The summed E-state index contributed by atoms with van der Waals surface area (Å²) in [5.74, 6) is -0.465. The summed E-state index contributed by atoms with van der Waals surface area (Å²) >= 11 is 0. The third-order valence-corrected chi connectivity index (χ3v) is 8.39. The van der Waals surface area contributed by atoms with Crippen molar-refractivity contribution >= 4 is 35.7 Å². The molecule has 1 amide bonds. The third kappa shape index (κ3) is 4.12. The molecule has 0 spiro atoms. The Kier molecular flexibility index (Phi) is 5.74. The zero-order chi connectivity index (χ0) is 18.8. The van der Waals surface area contributed by atoms with Gasteiger partial charge >= 0.3 is 12.1 Å². The lowest BCUT2D eigenvalue weighted by Gasteiger charge is -2.35. The number of rotatable bonds is 6. The van der Waals surface area contributed by atoms with E-state index in [0.29, 0.717) is 5.69 Å². The van der Waals surface area contributed by atoms with E-state index in [4.69, 9.17) is 9.47 Å². The molecular formula is C16H24NO6PS. The zero-order valence-corrected chi connectivity index (χ0v) is 16.5. The minimum Gasteiger partial charge on any atom is -0.508 e. The first-order valence-corrected chi connectivity index (χ1v) is 11.7. The Bertz CT molecular complexity index is 703. The molecule has 0 saturated carbocycles. The molecule has 0 bridgehead atoms. The summed E-state index contributed by atoms with van der Waals surface area (Å²) in [6.07, 6.45) is 0.466. The van der Waals surface area contributed by atoms with Gasteiger partial charge in [0, 0.05) is 12.1 Å². The van der Waals surface area contributed by atoms with Gasteiger partial charge < -0.3 is 14.6 Å². The normalized spacial score (nSPS) is 20.7. The number of nitrogens with zero attached hydrogens (tertiary/aromatic N) is 1. The summed E-state index contributed by atoms with van der Waals surface area (Å²) in [5.41, 5.74) is 0.577. The standard InChI is InChI=1S/C16H24NO6PS/c1-4-22-14(19)16(2,25(3,21)24)9-13-10-17(15(20)23-13)11-5-7-12(18)8-6-11/h5-8,13,18,25H,4,9-10,24H2,1-3H3/t13-,16?/m0/s1. The Labute approximate surface area is 150 Å². The van der Waals surface area contributed by atoms with Crippen LogP contribution < -0.4 is 4.90 Å². The van der Waals surface area contributed by atoms with E-state index >= 15 is 0 Å². The second-order valence-corrected chi connectivity index (χ2v) is 12.2. The van der Waals surface area contributed by atoms with E-state index in [1.54, 1.807) is 26.0 Å².